The zero-order valence-electron chi connectivity index (χ0n) is 15.9. The van der Waals surface area contributed by atoms with Crippen molar-refractivity contribution in [3.8, 4) is 0 Å². The maximum atomic E-state index is 13.9. The first-order valence-electron chi connectivity index (χ1n) is 9.51. The first-order valence-corrected chi connectivity index (χ1v) is 10.3. The summed E-state index contributed by atoms with van der Waals surface area (Å²) in [6.45, 7) is 0.734. The number of nitrogens with one attached hydrogen (secondary N) is 3. The molecular formula is C23H19BrFN3O2. The second-order valence-electron chi connectivity index (χ2n) is 6.98. The molecule has 7 heteroatoms. The zero-order chi connectivity index (χ0) is 21.1. The minimum atomic E-state index is -0.539. The molecule has 1 heterocycles. The fourth-order valence-electron chi connectivity index (χ4n) is 3.50. The first-order chi connectivity index (χ1) is 14.5. The Bertz CT molecular complexity index is 1120. The maximum absolute atomic E-state index is 13.9. The number of amides is 2. The van der Waals surface area contributed by atoms with Crippen LogP contribution in [0.2, 0.25) is 0 Å². The van der Waals surface area contributed by atoms with Crippen LogP contribution in [0, 0.1) is 5.82 Å². The van der Waals surface area contributed by atoms with Crippen LogP contribution in [0.4, 0.5) is 15.8 Å². The number of rotatable bonds is 4. The monoisotopic (exact) mass is 467 g/mol. The highest BCUT2D eigenvalue weighted by atomic mass is 79.9. The molecule has 0 saturated heterocycles. The van der Waals surface area contributed by atoms with Crippen LogP contribution in [-0.4, -0.2) is 18.4 Å². The minimum absolute atomic E-state index is 0.125. The first kappa shape index (κ1) is 20.1. The molecule has 30 heavy (non-hydrogen) atoms. The fraction of sp³-hybridized carbons (Fsp3) is 0.130. The van der Waals surface area contributed by atoms with Crippen LogP contribution in [0.1, 0.15) is 38.7 Å². The molecule has 1 unspecified atom stereocenters. The van der Waals surface area contributed by atoms with E-state index in [2.05, 4.69) is 31.9 Å². The molecule has 4 rings (SSSR count). The molecule has 0 aliphatic carbocycles. The number of benzene rings is 3. The van der Waals surface area contributed by atoms with Crippen LogP contribution in [0.5, 0.6) is 0 Å². The molecular weight excluding hydrogens is 449 g/mol. The Labute approximate surface area is 181 Å². The SMILES string of the molecule is O=C(Nc1cc(F)ccc1C(=O)NC1CCNc2ccccc21)c1cccc(Br)c1. The minimum Gasteiger partial charge on any atom is -0.385 e. The lowest BCUT2D eigenvalue weighted by Crippen LogP contribution is -2.33. The van der Waals surface area contributed by atoms with Gasteiger partial charge in [-0.1, -0.05) is 40.2 Å². The van der Waals surface area contributed by atoms with Crippen LogP contribution in [-0.2, 0) is 0 Å². The third-order valence-electron chi connectivity index (χ3n) is 4.95. The van der Waals surface area contributed by atoms with E-state index in [0.717, 1.165) is 34.8 Å². The summed E-state index contributed by atoms with van der Waals surface area (Å²) in [5, 5.41) is 8.98. The molecule has 0 spiro atoms. The molecule has 5 nitrogen and oxygen atoms in total. The lowest BCUT2D eigenvalue weighted by molar-refractivity contribution is 0.0935. The quantitative estimate of drug-likeness (QED) is 0.498. The van der Waals surface area contributed by atoms with Gasteiger partial charge in [-0.2, -0.15) is 0 Å². The van der Waals surface area contributed by atoms with Gasteiger partial charge in [0, 0.05) is 22.3 Å². The van der Waals surface area contributed by atoms with Crippen LogP contribution < -0.4 is 16.0 Å². The summed E-state index contributed by atoms with van der Waals surface area (Å²) in [5.41, 5.74) is 2.71. The van der Waals surface area contributed by atoms with Crippen LogP contribution in [0.15, 0.2) is 71.2 Å². The van der Waals surface area contributed by atoms with Crippen molar-refractivity contribution in [1.82, 2.24) is 5.32 Å². The summed E-state index contributed by atoms with van der Waals surface area (Å²) in [6, 6.07) is 18.2. The van der Waals surface area contributed by atoms with Gasteiger partial charge in [0.1, 0.15) is 5.82 Å². The van der Waals surface area contributed by atoms with Gasteiger partial charge in [-0.3, -0.25) is 9.59 Å². The topological polar surface area (TPSA) is 70.2 Å². The van der Waals surface area contributed by atoms with Crippen molar-refractivity contribution in [3.05, 3.63) is 93.7 Å². The van der Waals surface area contributed by atoms with Crippen molar-refractivity contribution in [3.63, 3.8) is 0 Å². The smallest absolute Gasteiger partial charge is 0.255 e. The molecule has 3 N–H and O–H groups in total. The fourth-order valence-corrected chi connectivity index (χ4v) is 3.90. The maximum Gasteiger partial charge on any atom is 0.255 e. The van der Waals surface area contributed by atoms with E-state index in [0.29, 0.717) is 5.56 Å². The summed E-state index contributed by atoms with van der Waals surface area (Å²) < 4.78 is 14.6. The second kappa shape index (κ2) is 8.67. The third-order valence-corrected chi connectivity index (χ3v) is 5.44. The van der Waals surface area contributed by atoms with Crippen molar-refractivity contribution in [2.24, 2.45) is 0 Å². The van der Waals surface area contributed by atoms with E-state index in [-0.39, 0.29) is 23.2 Å². The Morgan fingerprint density at radius 3 is 2.67 bits per heavy atom. The predicted molar refractivity (Wildman–Crippen MR) is 118 cm³/mol. The highest BCUT2D eigenvalue weighted by molar-refractivity contribution is 9.10. The zero-order valence-corrected chi connectivity index (χ0v) is 17.5. The van der Waals surface area contributed by atoms with Gasteiger partial charge in [0.2, 0.25) is 0 Å². The number of anilines is 2. The molecule has 0 saturated carbocycles. The van der Waals surface area contributed by atoms with Gasteiger partial charge in [0.25, 0.3) is 11.8 Å². The van der Waals surface area contributed by atoms with E-state index in [1.807, 2.05) is 24.3 Å². The molecule has 0 fully saturated rings. The van der Waals surface area contributed by atoms with Crippen LogP contribution in [0.3, 0.4) is 0 Å². The summed E-state index contributed by atoms with van der Waals surface area (Å²) in [7, 11) is 0. The van der Waals surface area contributed by atoms with Crippen molar-refractivity contribution >= 4 is 39.1 Å². The number of fused-ring (bicyclic) bond motifs is 1. The number of hydrogen-bond acceptors (Lipinski definition) is 3. The average Bonchev–Trinajstić information content (AvgIpc) is 2.74. The summed E-state index contributed by atoms with van der Waals surface area (Å²) in [6.07, 6.45) is 0.726. The van der Waals surface area contributed by atoms with Crippen molar-refractivity contribution in [2.75, 3.05) is 17.2 Å². The van der Waals surface area contributed by atoms with Crippen molar-refractivity contribution in [2.45, 2.75) is 12.5 Å². The van der Waals surface area contributed by atoms with E-state index >= 15 is 0 Å². The van der Waals surface area contributed by atoms with Gasteiger partial charge >= 0.3 is 0 Å². The number of para-hydroxylation sites is 1. The molecule has 3 aromatic carbocycles. The van der Waals surface area contributed by atoms with Gasteiger partial charge in [-0.25, -0.2) is 4.39 Å². The number of carbonyl (C=O) groups excluding carboxylic acids is 2. The van der Waals surface area contributed by atoms with Gasteiger partial charge in [0.15, 0.2) is 0 Å². The van der Waals surface area contributed by atoms with Gasteiger partial charge in [0.05, 0.1) is 17.3 Å². The third kappa shape index (κ3) is 4.36. The molecule has 0 radical (unpaired) electrons. The number of halogens is 2. The van der Waals surface area contributed by atoms with E-state index in [9.17, 15) is 14.0 Å². The highest BCUT2D eigenvalue weighted by Gasteiger charge is 2.23. The molecule has 3 aromatic rings. The Balaban J connectivity index is 1.57. The molecule has 152 valence electrons. The van der Waals surface area contributed by atoms with E-state index in [4.69, 9.17) is 0 Å². The Morgan fingerprint density at radius 2 is 1.83 bits per heavy atom. The predicted octanol–water partition coefficient (Wildman–Crippen LogP) is 5.13. The highest BCUT2D eigenvalue weighted by Crippen LogP contribution is 2.30. The van der Waals surface area contributed by atoms with E-state index in [1.54, 1.807) is 24.3 Å². The summed E-state index contributed by atoms with van der Waals surface area (Å²) in [5.74, 6) is -1.34. The van der Waals surface area contributed by atoms with Gasteiger partial charge in [-0.15, -0.1) is 0 Å². The van der Waals surface area contributed by atoms with Gasteiger partial charge < -0.3 is 16.0 Å². The van der Waals surface area contributed by atoms with E-state index in [1.165, 1.54) is 12.1 Å². The van der Waals surface area contributed by atoms with E-state index < -0.39 is 11.7 Å². The van der Waals surface area contributed by atoms with Crippen molar-refractivity contribution < 1.29 is 14.0 Å². The summed E-state index contributed by atoms with van der Waals surface area (Å²) >= 11 is 3.32. The molecule has 1 aliphatic heterocycles. The van der Waals surface area contributed by atoms with Crippen LogP contribution >= 0.6 is 15.9 Å². The Morgan fingerprint density at radius 1 is 1.00 bits per heavy atom. The standard InChI is InChI=1S/C23H19BrFN3O2/c24-15-5-3-4-14(12-15)22(29)28-21-13-16(25)8-9-18(21)23(30)27-20-10-11-26-19-7-2-1-6-17(19)20/h1-9,12-13,20,26H,10-11H2,(H,27,30)(H,28,29). The molecule has 0 bridgehead atoms. The summed E-state index contributed by atoms with van der Waals surface area (Å²) in [4.78, 5) is 25.6. The second-order valence-corrected chi connectivity index (χ2v) is 7.90. The Hall–Kier alpha value is -3.19. The van der Waals surface area contributed by atoms with Crippen molar-refractivity contribution in [1.29, 1.82) is 0 Å². The lowest BCUT2D eigenvalue weighted by Gasteiger charge is -2.27. The largest absolute Gasteiger partial charge is 0.385 e. The normalized spacial score (nSPS) is 14.9. The average molecular weight is 468 g/mol. The molecule has 1 aliphatic rings. The molecule has 1 atom stereocenters. The molecule has 2 amide bonds. The number of carbonyl (C=O) groups is 2. The number of hydrogen-bond donors (Lipinski definition) is 3. The molecule has 0 aromatic heterocycles. The lowest BCUT2D eigenvalue weighted by atomic mass is 9.97. The Kier molecular flexibility index (Phi) is 5.81. The van der Waals surface area contributed by atoms with Gasteiger partial charge in [-0.05, 0) is 54.4 Å². The van der Waals surface area contributed by atoms with Crippen LogP contribution in [0.25, 0.3) is 0 Å².